The molecule has 1 heterocycles. The molecular formula is C14H14BrFN2O4S2. The highest BCUT2D eigenvalue weighted by Gasteiger charge is 2.32. The van der Waals surface area contributed by atoms with Gasteiger partial charge in [-0.2, -0.15) is 8.42 Å². The second-order valence-electron chi connectivity index (χ2n) is 5.87. The number of benzene rings is 1. The van der Waals surface area contributed by atoms with E-state index in [1.54, 1.807) is 0 Å². The van der Waals surface area contributed by atoms with Crippen LogP contribution in [-0.2, 0) is 18.7 Å². The van der Waals surface area contributed by atoms with Crippen molar-refractivity contribution in [2.75, 3.05) is 4.90 Å². The maximum absolute atomic E-state index is 13.8. The van der Waals surface area contributed by atoms with Gasteiger partial charge in [-0.3, -0.25) is 0 Å². The van der Waals surface area contributed by atoms with Crippen molar-refractivity contribution < 1.29 is 22.7 Å². The van der Waals surface area contributed by atoms with Crippen LogP contribution in [0.25, 0.3) is 0 Å². The number of nitrogens with zero attached hydrogens (tertiary/aromatic N) is 2. The van der Waals surface area contributed by atoms with Gasteiger partial charge in [0.05, 0.1) is 15.9 Å². The van der Waals surface area contributed by atoms with Crippen LogP contribution in [-0.4, -0.2) is 24.8 Å². The number of halogens is 2. The van der Waals surface area contributed by atoms with E-state index >= 15 is 0 Å². The van der Waals surface area contributed by atoms with E-state index < -0.39 is 36.0 Å². The van der Waals surface area contributed by atoms with E-state index in [1.807, 2.05) is 20.8 Å². The third-order valence-corrected chi connectivity index (χ3v) is 6.70. The standard InChI is InChI=1S/C14H14BrFN2O4S2/c1-14(2,3)11-7-23(24(21)22)12(17-11)18(13(19)20)8-4-5-9(15)10(16)6-8/h4-7H,1-3H3,(H,19,20). The van der Waals surface area contributed by atoms with Crippen molar-refractivity contribution in [2.45, 2.75) is 20.8 Å². The van der Waals surface area contributed by atoms with Crippen LogP contribution in [0.2, 0.25) is 0 Å². The Bertz CT molecular complexity index is 909. The van der Waals surface area contributed by atoms with Crippen LogP contribution in [0.1, 0.15) is 20.8 Å². The number of anilines is 1. The summed E-state index contributed by atoms with van der Waals surface area (Å²) in [6, 6.07) is 3.72. The van der Waals surface area contributed by atoms with Gasteiger partial charge in [-0.1, -0.05) is 20.8 Å². The number of carboxylic acid groups (broad SMARTS) is 1. The van der Waals surface area contributed by atoms with Gasteiger partial charge in [0.25, 0.3) is 9.26 Å². The summed E-state index contributed by atoms with van der Waals surface area (Å²) in [7, 11) is -4.13. The van der Waals surface area contributed by atoms with Crippen LogP contribution >= 0.6 is 15.9 Å². The first-order chi connectivity index (χ1) is 11.0. The molecule has 0 radical (unpaired) electrons. The van der Waals surface area contributed by atoms with Crippen molar-refractivity contribution in [1.29, 1.82) is 0 Å². The minimum atomic E-state index is -2.58. The summed E-state index contributed by atoms with van der Waals surface area (Å²) >= 11 is 2.99. The fraction of sp³-hybridized carbons (Fsp3) is 0.286. The summed E-state index contributed by atoms with van der Waals surface area (Å²) in [5, 5.41) is 10.8. The maximum Gasteiger partial charge on any atom is 0.418 e. The van der Waals surface area contributed by atoms with Crippen LogP contribution in [0, 0.1) is 11.2 Å². The summed E-state index contributed by atoms with van der Waals surface area (Å²) in [4.78, 5) is 16.6. The summed E-state index contributed by atoms with van der Waals surface area (Å²) in [5.41, 5.74) is -0.0102. The van der Waals surface area contributed by atoms with E-state index in [-0.39, 0.29) is 15.3 Å². The van der Waals surface area contributed by atoms with Crippen LogP contribution < -0.4 is 4.90 Å². The first kappa shape index (κ1) is 18.8. The van der Waals surface area contributed by atoms with Crippen LogP contribution in [0.5, 0.6) is 0 Å². The van der Waals surface area contributed by atoms with Gasteiger partial charge in [0.2, 0.25) is 0 Å². The molecule has 0 fully saturated rings. The molecule has 0 aliphatic carbocycles. The third kappa shape index (κ3) is 3.76. The molecule has 1 aliphatic rings. The summed E-state index contributed by atoms with van der Waals surface area (Å²) in [6.07, 6.45) is -1.44. The van der Waals surface area contributed by atoms with E-state index in [4.69, 9.17) is 0 Å². The molecule has 0 spiro atoms. The number of allylic oxidation sites excluding steroid dienone is 1. The molecule has 0 saturated carbocycles. The van der Waals surface area contributed by atoms with E-state index in [9.17, 15) is 22.7 Å². The molecule has 1 aromatic carbocycles. The Morgan fingerprint density at radius 3 is 2.46 bits per heavy atom. The average Bonchev–Trinajstić information content (AvgIpc) is 2.87. The maximum atomic E-state index is 13.8. The first-order valence-corrected chi connectivity index (χ1v) is 10.3. The topological polar surface area (TPSA) is 87.0 Å². The van der Waals surface area contributed by atoms with Crippen molar-refractivity contribution in [3.8, 4) is 0 Å². The predicted octanol–water partition coefficient (Wildman–Crippen LogP) is 3.74. The normalized spacial score (nSPS) is 17.3. The van der Waals surface area contributed by atoms with Crippen LogP contribution in [0.15, 0.2) is 38.8 Å². The Hall–Kier alpha value is -1.52. The second-order valence-corrected chi connectivity index (χ2v) is 10.2. The van der Waals surface area contributed by atoms with E-state index in [1.165, 1.54) is 17.5 Å². The number of amidine groups is 1. The molecule has 10 heteroatoms. The van der Waals surface area contributed by atoms with Crippen LogP contribution in [0.4, 0.5) is 14.9 Å². The van der Waals surface area contributed by atoms with Gasteiger partial charge >= 0.3 is 6.09 Å². The molecule has 1 aliphatic heterocycles. The van der Waals surface area contributed by atoms with Crippen molar-refractivity contribution >= 4 is 51.6 Å². The molecule has 1 aromatic rings. The van der Waals surface area contributed by atoms with Crippen molar-refractivity contribution in [3.63, 3.8) is 0 Å². The third-order valence-electron chi connectivity index (χ3n) is 3.07. The second kappa shape index (κ2) is 6.77. The minimum absolute atomic E-state index is 0.0199. The van der Waals surface area contributed by atoms with Gasteiger partial charge in [-0.15, -0.1) is 0 Å². The summed E-state index contributed by atoms with van der Waals surface area (Å²) < 4.78 is 37.0. The Morgan fingerprint density at radius 1 is 1.38 bits per heavy atom. The van der Waals surface area contributed by atoms with Gasteiger partial charge in [0.15, 0.2) is 5.17 Å². The number of hydrogen-bond donors (Lipinski definition) is 1. The average molecular weight is 437 g/mol. The number of amides is 1. The van der Waals surface area contributed by atoms with Gasteiger partial charge in [0.1, 0.15) is 5.82 Å². The molecule has 0 bridgehead atoms. The molecule has 0 saturated heterocycles. The molecule has 2 rings (SSSR count). The van der Waals surface area contributed by atoms with Gasteiger partial charge in [-0.25, -0.2) is 19.1 Å². The van der Waals surface area contributed by atoms with Gasteiger partial charge in [-0.05, 0) is 34.1 Å². The number of aliphatic imine (C=N–C) groups is 1. The Balaban J connectivity index is 2.66. The first-order valence-electron chi connectivity index (χ1n) is 6.64. The highest BCUT2D eigenvalue weighted by atomic mass is 79.9. The molecule has 130 valence electrons. The predicted molar refractivity (Wildman–Crippen MR) is 95.9 cm³/mol. The highest BCUT2D eigenvalue weighted by molar-refractivity contribution is 9.10. The Labute approximate surface area is 150 Å². The SMILES string of the molecule is CC(C)(C)C1=CS(=S(=O)=O)C(N(C(=O)O)c2ccc(Br)c(F)c2)=N1. The molecule has 1 N–H and O–H groups in total. The Morgan fingerprint density at radius 2 is 2.00 bits per heavy atom. The zero-order valence-electron chi connectivity index (χ0n) is 12.9. The number of hydrogen-bond acceptors (Lipinski definition) is 4. The van der Waals surface area contributed by atoms with E-state index in [2.05, 4.69) is 20.9 Å². The highest BCUT2D eigenvalue weighted by Crippen LogP contribution is 2.33. The molecule has 1 atom stereocenters. The lowest BCUT2D eigenvalue weighted by molar-refractivity contribution is 0.205. The van der Waals surface area contributed by atoms with Crippen molar-refractivity contribution in [1.82, 2.24) is 0 Å². The smallest absolute Gasteiger partial charge is 0.418 e. The number of carbonyl (C=O) groups is 1. The molecule has 1 unspecified atom stereocenters. The minimum Gasteiger partial charge on any atom is -0.464 e. The van der Waals surface area contributed by atoms with Crippen molar-refractivity contribution in [2.24, 2.45) is 10.4 Å². The molecule has 24 heavy (non-hydrogen) atoms. The summed E-state index contributed by atoms with van der Waals surface area (Å²) in [5.74, 6) is -0.663. The van der Waals surface area contributed by atoms with E-state index in [0.717, 1.165) is 6.07 Å². The zero-order chi connectivity index (χ0) is 18.2. The quantitative estimate of drug-likeness (QED) is 0.725. The molecule has 6 nitrogen and oxygen atoms in total. The van der Waals surface area contributed by atoms with Crippen LogP contribution in [0.3, 0.4) is 0 Å². The monoisotopic (exact) mass is 436 g/mol. The molecular weight excluding hydrogens is 423 g/mol. The largest absolute Gasteiger partial charge is 0.464 e. The fourth-order valence-electron chi connectivity index (χ4n) is 1.84. The van der Waals surface area contributed by atoms with Gasteiger partial charge < -0.3 is 5.11 Å². The van der Waals surface area contributed by atoms with E-state index in [0.29, 0.717) is 10.6 Å². The zero-order valence-corrected chi connectivity index (χ0v) is 16.2. The lowest BCUT2D eigenvalue weighted by atomic mass is 9.93. The lowest BCUT2D eigenvalue weighted by Gasteiger charge is -2.20. The fourth-order valence-corrected chi connectivity index (χ4v) is 4.76. The van der Waals surface area contributed by atoms with Gasteiger partial charge in [0, 0.05) is 20.3 Å². The Kier molecular flexibility index (Phi) is 5.31. The molecule has 0 aromatic heterocycles. The lowest BCUT2D eigenvalue weighted by Crippen LogP contribution is -2.37. The molecule has 1 amide bonds. The number of rotatable bonds is 1. The van der Waals surface area contributed by atoms with Crippen molar-refractivity contribution in [3.05, 3.63) is 39.6 Å². The summed E-state index contributed by atoms with van der Waals surface area (Å²) in [6.45, 7) is 5.51.